The van der Waals surface area contributed by atoms with E-state index >= 15 is 0 Å². The Morgan fingerprint density at radius 3 is 1.91 bits per heavy atom. The van der Waals surface area contributed by atoms with E-state index in [1.807, 2.05) is 12.1 Å². The van der Waals surface area contributed by atoms with E-state index in [0.29, 0.717) is 28.7 Å². The summed E-state index contributed by atoms with van der Waals surface area (Å²) in [4.78, 5) is 24.2. The van der Waals surface area contributed by atoms with Crippen LogP contribution in [0.3, 0.4) is 0 Å². The van der Waals surface area contributed by atoms with Crippen LogP contribution in [0, 0.1) is 0 Å². The predicted octanol–water partition coefficient (Wildman–Crippen LogP) is 4.61. The molecule has 0 bridgehead atoms. The summed E-state index contributed by atoms with van der Waals surface area (Å²) in [5.41, 5.74) is 2.48. The van der Waals surface area contributed by atoms with E-state index in [1.165, 1.54) is 38.3 Å². The first-order chi connectivity index (χ1) is 16.6. The number of carbonyl (C=O) groups is 2. The van der Waals surface area contributed by atoms with Crippen molar-refractivity contribution in [2.75, 3.05) is 28.6 Å². The molecule has 0 heterocycles. The zero-order valence-corrected chi connectivity index (χ0v) is 20.9. The summed E-state index contributed by atoms with van der Waals surface area (Å²) in [6, 6.07) is 19.6. The summed E-state index contributed by atoms with van der Waals surface area (Å²) in [5.74, 6) is 0.156. The molecule has 35 heavy (non-hydrogen) atoms. The number of anilines is 3. The van der Waals surface area contributed by atoms with E-state index in [0.717, 1.165) is 9.87 Å². The largest absolute Gasteiger partial charge is 0.497 e. The van der Waals surface area contributed by atoms with Crippen molar-refractivity contribution in [3.05, 3.63) is 78.4 Å². The standard InChI is InChI=1S/C26H29N3O5S/c1-18(2)20-5-7-22(8-6-20)28-26(31)17-29(23-11-13-24(34-4)14-12-23)35(32,33)25-15-9-21(10-16-25)27-19(3)30/h5-16,18H,17H2,1-4H3,(H,27,30)(H,28,31). The molecule has 0 spiro atoms. The van der Waals surface area contributed by atoms with Gasteiger partial charge in [-0.15, -0.1) is 0 Å². The van der Waals surface area contributed by atoms with Crippen LogP contribution in [0.2, 0.25) is 0 Å². The Morgan fingerprint density at radius 2 is 1.40 bits per heavy atom. The third kappa shape index (κ3) is 6.60. The molecule has 3 aromatic rings. The minimum Gasteiger partial charge on any atom is -0.497 e. The lowest BCUT2D eigenvalue weighted by Gasteiger charge is -2.24. The second-order valence-corrected chi connectivity index (χ2v) is 10.1. The average Bonchev–Trinajstić information content (AvgIpc) is 2.83. The molecule has 3 rings (SSSR count). The maximum absolute atomic E-state index is 13.6. The second kappa shape index (κ2) is 11.1. The lowest BCUT2D eigenvalue weighted by atomic mass is 10.0. The number of amides is 2. The zero-order valence-electron chi connectivity index (χ0n) is 20.1. The predicted molar refractivity (Wildman–Crippen MR) is 137 cm³/mol. The Labute approximate surface area is 206 Å². The van der Waals surface area contributed by atoms with Gasteiger partial charge in [-0.3, -0.25) is 13.9 Å². The van der Waals surface area contributed by atoms with Crippen LogP contribution in [0.1, 0.15) is 32.3 Å². The van der Waals surface area contributed by atoms with E-state index in [9.17, 15) is 18.0 Å². The third-order valence-electron chi connectivity index (χ3n) is 5.27. The molecule has 0 saturated carbocycles. The maximum atomic E-state index is 13.6. The molecule has 0 radical (unpaired) electrons. The highest BCUT2D eigenvalue weighted by Gasteiger charge is 2.27. The highest BCUT2D eigenvalue weighted by Crippen LogP contribution is 2.27. The van der Waals surface area contributed by atoms with Gasteiger partial charge in [0.25, 0.3) is 10.0 Å². The lowest BCUT2D eigenvalue weighted by Crippen LogP contribution is -2.38. The zero-order chi connectivity index (χ0) is 25.6. The van der Waals surface area contributed by atoms with E-state index < -0.39 is 22.5 Å². The van der Waals surface area contributed by atoms with Crippen molar-refractivity contribution >= 4 is 38.9 Å². The lowest BCUT2D eigenvalue weighted by molar-refractivity contribution is -0.115. The van der Waals surface area contributed by atoms with Gasteiger partial charge in [0.1, 0.15) is 12.3 Å². The van der Waals surface area contributed by atoms with Crippen molar-refractivity contribution < 1.29 is 22.7 Å². The van der Waals surface area contributed by atoms with Crippen LogP contribution < -0.4 is 19.7 Å². The normalized spacial score (nSPS) is 11.1. The van der Waals surface area contributed by atoms with Gasteiger partial charge in [-0.2, -0.15) is 0 Å². The number of rotatable bonds is 9. The highest BCUT2D eigenvalue weighted by atomic mass is 32.2. The molecule has 0 unspecified atom stereocenters. The van der Waals surface area contributed by atoms with Crippen molar-refractivity contribution in [1.29, 1.82) is 0 Å². The van der Waals surface area contributed by atoms with Gasteiger partial charge in [-0.05, 0) is 72.1 Å². The number of sulfonamides is 1. The number of hydrogen-bond donors (Lipinski definition) is 2. The Kier molecular flexibility index (Phi) is 8.14. The average molecular weight is 496 g/mol. The van der Waals surface area contributed by atoms with Crippen molar-refractivity contribution in [3.8, 4) is 5.75 Å². The Morgan fingerprint density at radius 1 is 0.857 bits per heavy atom. The van der Waals surface area contributed by atoms with E-state index in [4.69, 9.17) is 4.74 Å². The summed E-state index contributed by atoms with van der Waals surface area (Å²) in [5, 5.41) is 5.37. The molecule has 0 aliphatic heterocycles. The molecule has 2 N–H and O–H groups in total. The summed E-state index contributed by atoms with van der Waals surface area (Å²) in [6.07, 6.45) is 0. The topological polar surface area (TPSA) is 105 Å². The number of ether oxygens (including phenoxy) is 1. The van der Waals surface area contributed by atoms with Crippen molar-refractivity contribution in [2.24, 2.45) is 0 Å². The van der Waals surface area contributed by atoms with Crippen LogP contribution >= 0.6 is 0 Å². The molecule has 0 atom stereocenters. The van der Waals surface area contributed by atoms with Gasteiger partial charge in [0, 0.05) is 18.3 Å². The smallest absolute Gasteiger partial charge is 0.264 e. The van der Waals surface area contributed by atoms with E-state index in [2.05, 4.69) is 24.5 Å². The van der Waals surface area contributed by atoms with Crippen LogP contribution in [0.25, 0.3) is 0 Å². The molecule has 9 heteroatoms. The number of benzene rings is 3. The van der Waals surface area contributed by atoms with Crippen LogP contribution in [0.15, 0.2) is 77.7 Å². The van der Waals surface area contributed by atoms with Gasteiger partial charge in [-0.25, -0.2) is 8.42 Å². The molecule has 2 amide bonds. The maximum Gasteiger partial charge on any atom is 0.264 e. The van der Waals surface area contributed by atoms with Crippen LogP contribution in [0.4, 0.5) is 17.1 Å². The Balaban J connectivity index is 1.89. The van der Waals surface area contributed by atoms with E-state index in [1.54, 1.807) is 36.4 Å². The molecule has 184 valence electrons. The van der Waals surface area contributed by atoms with Crippen molar-refractivity contribution in [1.82, 2.24) is 0 Å². The monoisotopic (exact) mass is 495 g/mol. The van der Waals surface area contributed by atoms with Crippen LogP contribution in [-0.2, 0) is 19.6 Å². The minimum atomic E-state index is -4.11. The number of methoxy groups -OCH3 is 1. The van der Waals surface area contributed by atoms with Gasteiger partial charge in [0.2, 0.25) is 11.8 Å². The molecule has 0 aliphatic carbocycles. The molecule has 0 fully saturated rings. The summed E-state index contributed by atoms with van der Waals surface area (Å²) in [7, 11) is -2.59. The molecule has 3 aromatic carbocycles. The first-order valence-corrected chi connectivity index (χ1v) is 12.5. The molecular formula is C26H29N3O5S. The quantitative estimate of drug-likeness (QED) is 0.451. The van der Waals surface area contributed by atoms with Gasteiger partial charge >= 0.3 is 0 Å². The van der Waals surface area contributed by atoms with Crippen molar-refractivity contribution in [2.45, 2.75) is 31.6 Å². The third-order valence-corrected chi connectivity index (χ3v) is 7.06. The second-order valence-electron chi connectivity index (χ2n) is 8.24. The number of hydrogen-bond acceptors (Lipinski definition) is 5. The first kappa shape index (κ1) is 25.8. The summed E-state index contributed by atoms with van der Waals surface area (Å²) in [6.45, 7) is 5.08. The SMILES string of the molecule is COc1ccc(N(CC(=O)Nc2ccc(C(C)C)cc2)S(=O)(=O)c2ccc(NC(C)=O)cc2)cc1. The van der Waals surface area contributed by atoms with Gasteiger partial charge in [0.05, 0.1) is 17.7 Å². The minimum absolute atomic E-state index is 0.0171. The van der Waals surface area contributed by atoms with Gasteiger partial charge < -0.3 is 15.4 Å². The Hall–Kier alpha value is -3.85. The fourth-order valence-electron chi connectivity index (χ4n) is 3.39. The molecular weight excluding hydrogens is 466 g/mol. The Bertz CT molecular complexity index is 1270. The van der Waals surface area contributed by atoms with E-state index in [-0.39, 0.29) is 10.8 Å². The van der Waals surface area contributed by atoms with Crippen LogP contribution in [-0.4, -0.2) is 33.9 Å². The summed E-state index contributed by atoms with van der Waals surface area (Å²) < 4.78 is 33.3. The fourth-order valence-corrected chi connectivity index (χ4v) is 4.81. The molecule has 8 nitrogen and oxygen atoms in total. The van der Waals surface area contributed by atoms with Crippen LogP contribution in [0.5, 0.6) is 5.75 Å². The highest BCUT2D eigenvalue weighted by molar-refractivity contribution is 7.92. The number of nitrogens with one attached hydrogen (secondary N) is 2. The van der Waals surface area contributed by atoms with Crippen molar-refractivity contribution in [3.63, 3.8) is 0 Å². The van der Waals surface area contributed by atoms with Gasteiger partial charge in [-0.1, -0.05) is 26.0 Å². The first-order valence-electron chi connectivity index (χ1n) is 11.0. The van der Waals surface area contributed by atoms with Gasteiger partial charge in [0.15, 0.2) is 0 Å². The number of carbonyl (C=O) groups excluding carboxylic acids is 2. The fraction of sp³-hybridized carbons (Fsp3) is 0.231. The molecule has 0 saturated heterocycles. The molecule has 0 aromatic heterocycles. The molecule has 0 aliphatic rings. The summed E-state index contributed by atoms with van der Waals surface area (Å²) >= 11 is 0. The number of nitrogens with zero attached hydrogens (tertiary/aromatic N) is 1.